The summed E-state index contributed by atoms with van der Waals surface area (Å²) in [7, 11) is 1.50. The number of aromatic hydroxyl groups is 1. The molecule has 4 aromatic rings. The minimum Gasteiger partial charge on any atom is -0.504 e. The number of anilines is 1. The van der Waals surface area contributed by atoms with E-state index in [2.05, 4.69) is 5.32 Å². The second kappa shape index (κ2) is 7.83. The van der Waals surface area contributed by atoms with Crippen molar-refractivity contribution in [3.05, 3.63) is 53.2 Å². The van der Waals surface area contributed by atoms with E-state index in [9.17, 15) is 9.90 Å². The summed E-state index contributed by atoms with van der Waals surface area (Å²) >= 11 is 1.48. The molecule has 2 aromatic heterocycles. The lowest BCUT2D eigenvalue weighted by Gasteiger charge is -2.24. The summed E-state index contributed by atoms with van der Waals surface area (Å²) in [6, 6.07) is 11.0. The number of amides is 1. The molecule has 2 N–H and O–H groups in total. The fraction of sp³-hybridized carbons (Fsp3) is 0.261. The molecule has 8 nitrogen and oxygen atoms in total. The van der Waals surface area contributed by atoms with Gasteiger partial charge in [-0.25, -0.2) is 4.98 Å². The number of nitrogens with one attached hydrogen (secondary N) is 1. The van der Waals surface area contributed by atoms with E-state index in [0.717, 1.165) is 32.8 Å². The van der Waals surface area contributed by atoms with E-state index < -0.39 is 0 Å². The fourth-order valence-corrected chi connectivity index (χ4v) is 5.09. The van der Waals surface area contributed by atoms with Gasteiger partial charge >= 0.3 is 0 Å². The first-order valence-corrected chi connectivity index (χ1v) is 11.1. The standard InChI is InChI=1S/C23H22N4O4S/c1-4-31-14-6-7-16-19(10-14)32-23(24-16)27-22-21(12(2)26-27)15(11-20(29)25-22)13-5-8-18(30-3)17(28)9-13/h5-10,15,28H,4,11H2,1-3H3,(H,25,29)/t15-/m1/s1. The van der Waals surface area contributed by atoms with Crippen LogP contribution >= 0.6 is 11.3 Å². The molecule has 1 atom stereocenters. The van der Waals surface area contributed by atoms with Gasteiger partial charge in [-0.3, -0.25) is 4.79 Å². The molecule has 2 aromatic carbocycles. The van der Waals surface area contributed by atoms with E-state index in [-0.39, 0.29) is 24.0 Å². The van der Waals surface area contributed by atoms with Crippen LogP contribution in [0.4, 0.5) is 5.82 Å². The number of phenols is 1. The molecule has 0 bridgehead atoms. The van der Waals surface area contributed by atoms with Gasteiger partial charge in [-0.15, -0.1) is 0 Å². The summed E-state index contributed by atoms with van der Waals surface area (Å²) in [5, 5.41) is 18.6. The van der Waals surface area contributed by atoms with Gasteiger partial charge in [0, 0.05) is 17.9 Å². The second-order valence-corrected chi connectivity index (χ2v) is 8.56. The largest absolute Gasteiger partial charge is 0.504 e. The first kappa shape index (κ1) is 20.3. The van der Waals surface area contributed by atoms with Crippen molar-refractivity contribution in [2.45, 2.75) is 26.2 Å². The van der Waals surface area contributed by atoms with Crippen LogP contribution in [0.15, 0.2) is 36.4 Å². The van der Waals surface area contributed by atoms with E-state index in [1.54, 1.807) is 16.8 Å². The summed E-state index contributed by atoms with van der Waals surface area (Å²) in [4.78, 5) is 17.3. The quantitative estimate of drug-likeness (QED) is 0.468. The number of ether oxygens (including phenoxy) is 2. The maximum atomic E-state index is 12.6. The van der Waals surface area contributed by atoms with Gasteiger partial charge in [0.25, 0.3) is 0 Å². The van der Waals surface area contributed by atoms with Gasteiger partial charge in [0.2, 0.25) is 11.0 Å². The lowest BCUT2D eigenvalue weighted by atomic mass is 9.85. The van der Waals surface area contributed by atoms with Crippen LogP contribution in [0.2, 0.25) is 0 Å². The van der Waals surface area contributed by atoms with Crippen LogP contribution in [-0.2, 0) is 4.79 Å². The van der Waals surface area contributed by atoms with Crippen LogP contribution < -0.4 is 14.8 Å². The summed E-state index contributed by atoms with van der Waals surface area (Å²) in [5.41, 5.74) is 3.39. The van der Waals surface area contributed by atoms with Crippen LogP contribution in [0.3, 0.4) is 0 Å². The zero-order valence-corrected chi connectivity index (χ0v) is 18.7. The number of aryl methyl sites for hydroxylation is 1. The molecule has 1 aliphatic heterocycles. The lowest BCUT2D eigenvalue weighted by molar-refractivity contribution is -0.116. The molecule has 0 saturated heterocycles. The number of hydrogen-bond donors (Lipinski definition) is 2. The topological polar surface area (TPSA) is 98.5 Å². The summed E-state index contributed by atoms with van der Waals surface area (Å²) in [6.07, 6.45) is 0.267. The maximum Gasteiger partial charge on any atom is 0.226 e. The SMILES string of the molecule is CCOc1ccc2nc(-n3nc(C)c4c3NC(=O)C[C@@H]4c3ccc(OC)c(O)c3)sc2c1. The molecule has 9 heteroatoms. The number of hydrogen-bond acceptors (Lipinski definition) is 7. The first-order valence-electron chi connectivity index (χ1n) is 10.3. The third-order valence-corrected chi connectivity index (χ3v) is 6.54. The van der Waals surface area contributed by atoms with Crippen molar-refractivity contribution in [1.82, 2.24) is 14.8 Å². The predicted molar refractivity (Wildman–Crippen MR) is 122 cm³/mol. The number of fused-ring (bicyclic) bond motifs is 2. The van der Waals surface area contributed by atoms with Crippen molar-refractivity contribution in [2.75, 3.05) is 19.0 Å². The molecule has 5 rings (SSSR count). The molecule has 1 amide bonds. The van der Waals surface area contributed by atoms with Crippen molar-refractivity contribution in [3.63, 3.8) is 0 Å². The first-order chi connectivity index (χ1) is 15.5. The zero-order valence-electron chi connectivity index (χ0n) is 17.9. The molecule has 0 aliphatic carbocycles. The third kappa shape index (κ3) is 3.34. The van der Waals surface area contributed by atoms with E-state index in [0.29, 0.717) is 23.3 Å². The highest BCUT2D eigenvalue weighted by molar-refractivity contribution is 7.20. The molecule has 0 spiro atoms. The Morgan fingerprint density at radius 3 is 2.88 bits per heavy atom. The highest BCUT2D eigenvalue weighted by atomic mass is 32.1. The average molecular weight is 451 g/mol. The smallest absolute Gasteiger partial charge is 0.226 e. The van der Waals surface area contributed by atoms with Crippen LogP contribution in [0.1, 0.15) is 36.1 Å². The Balaban J connectivity index is 1.60. The predicted octanol–water partition coefficient (Wildman–Crippen LogP) is 4.38. The molecule has 0 fully saturated rings. The van der Waals surface area contributed by atoms with Gasteiger partial charge < -0.3 is 19.9 Å². The van der Waals surface area contributed by atoms with Crippen LogP contribution in [-0.4, -0.2) is 39.5 Å². The van der Waals surface area contributed by atoms with E-state index in [1.165, 1.54) is 18.4 Å². The highest BCUT2D eigenvalue weighted by Crippen LogP contribution is 2.43. The molecular formula is C23H22N4O4S. The maximum absolute atomic E-state index is 12.6. The molecule has 1 aliphatic rings. The molecule has 164 valence electrons. The minimum atomic E-state index is -0.233. The molecule has 32 heavy (non-hydrogen) atoms. The Morgan fingerprint density at radius 1 is 1.28 bits per heavy atom. The molecule has 0 radical (unpaired) electrons. The van der Waals surface area contributed by atoms with Crippen molar-refractivity contribution in [1.29, 1.82) is 0 Å². The Morgan fingerprint density at radius 2 is 2.12 bits per heavy atom. The molecule has 0 saturated carbocycles. The Kier molecular flexibility index (Phi) is 4.97. The molecule has 3 heterocycles. The van der Waals surface area contributed by atoms with E-state index >= 15 is 0 Å². The number of phenolic OH excluding ortho intramolecular Hbond substituents is 1. The number of methoxy groups -OCH3 is 1. The highest BCUT2D eigenvalue weighted by Gasteiger charge is 2.33. The fourth-order valence-electron chi connectivity index (χ4n) is 4.13. The number of nitrogens with zero attached hydrogens (tertiary/aromatic N) is 3. The average Bonchev–Trinajstić information content (AvgIpc) is 3.34. The van der Waals surface area contributed by atoms with Gasteiger partial charge in [-0.2, -0.15) is 9.78 Å². The number of aromatic nitrogens is 3. The Hall–Kier alpha value is -3.59. The summed E-state index contributed by atoms with van der Waals surface area (Å²) in [6.45, 7) is 4.46. The van der Waals surface area contributed by atoms with Gasteiger partial charge in [-0.1, -0.05) is 17.4 Å². The van der Waals surface area contributed by atoms with E-state index in [4.69, 9.17) is 19.6 Å². The van der Waals surface area contributed by atoms with Crippen LogP contribution in [0, 0.1) is 6.92 Å². The Bertz CT molecular complexity index is 1340. The molecule has 0 unspecified atom stereocenters. The lowest BCUT2D eigenvalue weighted by Crippen LogP contribution is -2.24. The van der Waals surface area contributed by atoms with Gasteiger partial charge in [-0.05, 0) is 49.7 Å². The van der Waals surface area contributed by atoms with Gasteiger partial charge in [0.05, 0.1) is 29.6 Å². The van der Waals surface area contributed by atoms with Crippen molar-refractivity contribution < 1.29 is 19.4 Å². The van der Waals surface area contributed by atoms with Crippen LogP contribution in [0.5, 0.6) is 17.2 Å². The monoisotopic (exact) mass is 450 g/mol. The van der Waals surface area contributed by atoms with Gasteiger partial charge in [0.15, 0.2) is 11.5 Å². The number of benzene rings is 2. The van der Waals surface area contributed by atoms with Crippen LogP contribution in [0.25, 0.3) is 15.3 Å². The second-order valence-electron chi connectivity index (χ2n) is 7.55. The Labute approximate surface area is 188 Å². The van der Waals surface area contributed by atoms with Crippen molar-refractivity contribution in [2.24, 2.45) is 0 Å². The zero-order chi connectivity index (χ0) is 22.4. The normalized spacial score (nSPS) is 15.5. The molecular weight excluding hydrogens is 428 g/mol. The summed E-state index contributed by atoms with van der Waals surface area (Å²) in [5.74, 6) is 1.49. The number of carbonyl (C=O) groups excluding carboxylic acids is 1. The number of rotatable bonds is 5. The van der Waals surface area contributed by atoms with Gasteiger partial charge in [0.1, 0.15) is 11.6 Å². The number of carbonyl (C=O) groups is 1. The van der Waals surface area contributed by atoms with Crippen molar-refractivity contribution >= 4 is 33.3 Å². The van der Waals surface area contributed by atoms with Crippen molar-refractivity contribution in [3.8, 4) is 22.4 Å². The third-order valence-electron chi connectivity index (χ3n) is 5.55. The minimum absolute atomic E-state index is 0.0406. The number of thiazole rings is 1. The van der Waals surface area contributed by atoms with E-state index in [1.807, 2.05) is 38.1 Å². The summed E-state index contributed by atoms with van der Waals surface area (Å²) < 4.78 is 13.4.